The summed E-state index contributed by atoms with van der Waals surface area (Å²) in [5.41, 5.74) is 2.52. The summed E-state index contributed by atoms with van der Waals surface area (Å²) in [5.74, 6) is 0.890. The zero-order valence-electron chi connectivity index (χ0n) is 14.9. The van der Waals surface area contributed by atoms with Gasteiger partial charge in [0.05, 0.1) is 10.6 Å². The summed E-state index contributed by atoms with van der Waals surface area (Å²) >= 11 is 6.29. The van der Waals surface area contributed by atoms with Crippen LogP contribution in [0.25, 0.3) is 0 Å². The van der Waals surface area contributed by atoms with Crippen molar-refractivity contribution in [1.29, 1.82) is 0 Å². The van der Waals surface area contributed by atoms with Crippen LogP contribution in [0.15, 0.2) is 18.2 Å². The lowest BCUT2D eigenvalue weighted by Gasteiger charge is -2.50. The van der Waals surface area contributed by atoms with Crippen molar-refractivity contribution < 1.29 is 4.79 Å². The molecule has 0 aromatic heterocycles. The molecule has 2 fully saturated rings. The highest BCUT2D eigenvalue weighted by Crippen LogP contribution is 2.53. The van der Waals surface area contributed by atoms with Crippen LogP contribution < -0.4 is 5.32 Å². The Bertz CT molecular complexity index is 585. The first-order valence-corrected chi connectivity index (χ1v) is 9.58. The van der Waals surface area contributed by atoms with Crippen molar-refractivity contribution in [2.45, 2.75) is 44.9 Å². The van der Waals surface area contributed by atoms with E-state index in [-0.39, 0.29) is 5.91 Å². The SMILES string of the molecule is CN(C)C(=O)c1ccc(CCCC2CC3(CCNCC3)C2)cc1Cl. The third kappa shape index (κ3) is 3.94. The number of carbonyl (C=O) groups excluding carboxylic acids is 1. The Kier molecular flexibility index (Phi) is 5.51. The molecule has 132 valence electrons. The number of carbonyl (C=O) groups is 1. The lowest BCUT2D eigenvalue weighted by atomic mass is 9.57. The molecule has 3 nitrogen and oxygen atoms in total. The predicted octanol–water partition coefficient (Wildman–Crippen LogP) is 4.14. The highest BCUT2D eigenvalue weighted by atomic mass is 35.5. The standard InChI is InChI=1S/C20H29ClN2O/c1-23(2)19(24)17-7-6-15(12-18(17)21)4-3-5-16-13-20(14-16)8-10-22-11-9-20/h6-7,12,16,22H,3-5,8-11,13-14H2,1-2H3. The third-order valence-electron chi connectivity index (χ3n) is 5.86. The van der Waals surface area contributed by atoms with Crippen molar-refractivity contribution in [3.05, 3.63) is 34.3 Å². The number of nitrogens with one attached hydrogen (secondary N) is 1. The molecule has 1 saturated heterocycles. The molecule has 0 radical (unpaired) electrons. The molecular weight excluding hydrogens is 320 g/mol. The maximum Gasteiger partial charge on any atom is 0.254 e. The minimum absolute atomic E-state index is 0.0340. The maximum atomic E-state index is 12.0. The Morgan fingerprint density at radius 2 is 2.00 bits per heavy atom. The first kappa shape index (κ1) is 17.8. The fourth-order valence-corrected chi connectivity index (χ4v) is 4.74. The fraction of sp³-hybridized carbons (Fsp3) is 0.650. The van der Waals surface area contributed by atoms with Crippen LogP contribution in [0, 0.1) is 11.3 Å². The molecule has 1 spiro atoms. The van der Waals surface area contributed by atoms with Crippen molar-refractivity contribution in [2.24, 2.45) is 11.3 Å². The molecular formula is C20H29ClN2O. The highest BCUT2D eigenvalue weighted by molar-refractivity contribution is 6.33. The monoisotopic (exact) mass is 348 g/mol. The molecule has 24 heavy (non-hydrogen) atoms. The van der Waals surface area contributed by atoms with E-state index in [9.17, 15) is 4.79 Å². The molecule has 1 aromatic carbocycles. The van der Waals surface area contributed by atoms with Crippen LogP contribution in [-0.2, 0) is 6.42 Å². The largest absolute Gasteiger partial charge is 0.345 e. The summed E-state index contributed by atoms with van der Waals surface area (Å²) in [5, 5.41) is 4.05. The summed E-state index contributed by atoms with van der Waals surface area (Å²) in [6.07, 6.45) is 9.22. The van der Waals surface area contributed by atoms with Crippen LogP contribution in [0.5, 0.6) is 0 Å². The van der Waals surface area contributed by atoms with Gasteiger partial charge < -0.3 is 10.2 Å². The number of hydrogen-bond acceptors (Lipinski definition) is 2. The van der Waals surface area contributed by atoms with Crippen LogP contribution in [-0.4, -0.2) is 38.0 Å². The number of nitrogens with zero attached hydrogens (tertiary/aromatic N) is 1. The van der Waals surface area contributed by atoms with E-state index in [4.69, 9.17) is 11.6 Å². The second-order valence-electron chi connectivity index (χ2n) is 7.93. The molecule has 0 atom stereocenters. The van der Waals surface area contributed by atoms with Gasteiger partial charge in [0.15, 0.2) is 0 Å². The molecule has 4 heteroatoms. The van der Waals surface area contributed by atoms with Gasteiger partial charge in [0.1, 0.15) is 0 Å². The van der Waals surface area contributed by atoms with Crippen molar-refractivity contribution in [3.63, 3.8) is 0 Å². The number of amides is 1. The zero-order chi connectivity index (χ0) is 17.2. The van der Waals surface area contributed by atoms with Gasteiger partial charge in [-0.1, -0.05) is 24.1 Å². The van der Waals surface area contributed by atoms with Gasteiger partial charge in [0.25, 0.3) is 5.91 Å². The first-order valence-electron chi connectivity index (χ1n) is 9.20. The fourth-order valence-electron chi connectivity index (χ4n) is 4.46. The Balaban J connectivity index is 1.44. The zero-order valence-corrected chi connectivity index (χ0v) is 15.7. The van der Waals surface area contributed by atoms with Crippen LogP contribution in [0.1, 0.15) is 54.4 Å². The Morgan fingerprint density at radius 3 is 2.62 bits per heavy atom. The summed E-state index contributed by atoms with van der Waals surface area (Å²) in [4.78, 5) is 13.6. The Hall–Kier alpha value is -1.06. The molecule has 0 bridgehead atoms. The van der Waals surface area contributed by atoms with Crippen molar-refractivity contribution >= 4 is 17.5 Å². The first-order chi connectivity index (χ1) is 11.5. The molecule has 1 amide bonds. The van der Waals surface area contributed by atoms with Gasteiger partial charge in [0.2, 0.25) is 0 Å². The average molecular weight is 349 g/mol. The number of halogens is 1. The van der Waals surface area contributed by atoms with Gasteiger partial charge in [0, 0.05) is 14.1 Å². The van der Waals surface area contributed by atoms with Crippen LogP contribution in [0.3, 0.4) is 0 Å². The van der Waals surface area contributed by atoms with E-state index in [0.717, 1.165) is 12.3 Å². The van der Waals surface area contributed by atoms with Gasteiger partial charge in [-0.25, -0.2) is 0 Å². The van der Waals surface area contributed by atoms with Gasteiger partial charge in [-0.15, -0.1) is 0 Å². The molecule has 1 saturated carbocycles. The third-order valence-corrected chi connectivity index (χ3v) is 6.17. The van der Waals surface area contributed by atoms with E-state index in [1.807, 2.05) is 12.1 Å². The van der Waals surface area contributed by atoms with Gasteiger partial charge in [-0.3, -0.25) is 4.79 Å². The maximum absolute atomic E-state index is 12.0. The molecule has 1 heterocycles. The Morgan fingerprint density at radius 1 is 1.29 bits per heavy atom. The second-order valence-corrected chi connectivity index (χ2v) is 8.34. The number of piperidine rings is 1. The summed E-state index contributed by atoms with van der Waals surface area (Å²) in [6.45, 7) is 2.42. The highest BCUT2D eigenvalue weighted by Gasteiger charge is 2.43. The normalized spacial score (nSPS) is 20.0. The van der Waals surface area contributed by atoms with Crippen molar-refractivity contribution in [2.75, 3.05) is 27.2 Å². The Labute approximate surface area is 150 Å². The topological polar surface area (TPSA) is 32.3 Å². The quantitative estimate of drug-likeness (QED) is 0.867. The van der Waals surface area contributed by atoms with Gasteiger partial charge in [-0.05, 0) is 80.6 Å². The van der Waals surface area contributed by atoms with Crippen LogP contribution in [0.2, 0.25) is 5.02 Å². The summed E-state index contributed by atoms with van der Waals surface area (Å²) in [6, 6.07) is 5.89. The van der Waals surface area contributed by atoms with Crippen molar-refractivity contribution in [3.8, 4) is 0 Å². The minimum Gasteiger partial charge on any atom is -0.345 e. The van der Waals surface area contributed by atoms with Crippen LogP contribution in [0.4, 0.5) is 0 Å². The van der Waals surface area contributed by atoms with Gasteiger partial charge in [-0.2, -0.15) is 0 Å². The molecule has 1 aromatic rings. The lowest BCUT2D eigenvalue weighted by Crippen LogP contribution is -2.45. The van der Waals surface area contributed by atoms with E-state index in [1.54, 1.807) is 19.0 Å². The van der Waals surface area contributed by atoms with E-state index in [2.05, 4.69) is 11.4 Å². The number of hydrogen-bond donors (Lipinski definition) is 1. The van der Waals surface area contributed by atoms with Crippen LogP contribution >= 0.6 is 11.6 Å². The molecule has 1 N–H and O–H groups in total. The molecule has 3 rings (SSSR count). The van der Waals surface area contributed by atoms with E-state index in [1.165, 1.54) is 57.2 Å². The van der Waals surface area contributed by atoms with E-state index < -0.39 is 0 Å². The number of rotatable bonds is 5. The number of aryl methyl sites for hydroxylation is 1. The lowest BCUT2D eigenvalue weighted by molar-refractivity contribution is 0.0166. The molecule has 0 unspecified atom stereocenters. The van der Waals surface area contributed by atoms with Gasteiger partial charge >= 0.3 is 0 Å². The number of benzene rings is 1. The molecule has 1 aliphatic heterocycles. The summed E-state index contributed by atoms with van der Waals surface area (Å²) in [7, 11) is 3.50. The smallest absolute Gasteiger partial charge is 0.254 e. The molecule has 1 aliphatic carbocycles. The van der Waals surface area contributed by atoms with E-state index >= 15 is 0 Å². The van der Waals surface area contributed by atoms with E-state index in [0.29, 0.717) is 16.0 Å². The summed E-state index contributed by atoms with van der Waals surface area (Å²) < 4.78 is 0. The second kappa shape index (κ2) is 7.45. The van der Waals surface area contributed by atoms with Crippen molar-refractivity contribution in [1.82, 2.24) is 10.2 Å². The minimum atomic E-state index is -0.0340. The predicted molar refractivity (Wildman–Crippen MR) is 99.7 cm³/mol. The molecule has 2 aliphatic rings. The average Bonchev–Trinajstić information content (AvgIpc) is 2.53.